The number of rotatable bonds is 6. The zero-order valence-corrected chi connectivity index (χ0v) is 11.2. The van der Waals surface area contributed by atoms with E-state index >= 15 is 0 Å². The Labute approximate surface area is 109 Å². The molecule has 1 aliphatic rings. The summed E-state index contributed by atoms with van der Waals surface area (Å²) in [4.78, 5) is 11.7. The third kappa shape index (κ3) is 3.84. The van der Waals surface area contributed by atoms with Gasteiger partial charge in [0.25, 0.3) is 0 Å². The number of hydrogen-bond donors (Lipinski definition) is 2. The maximum absolute atomic E-state index is 11.7. The lowest BCUT2D eigenvalue weighted by molar-refractivity contribution is -0.120. The second kappa shape index (κ2) is 5.53. The topological polar surface area (TPSA) is 41.1 Å². The summed E-state index contributed by atoms with van der Waals surface area (Å²) in [5, 5.41) is 6.22. The minimum Gasteiger partial charge on any atom is -0.354 e. The summed E-state index contributed by atoms with van der Waals surface area (Å²) in [6, 6.07) is 10.9. The van der Waals surface area contributed by atoms with Gasteiger partial charge in [0.2, 0.25) is 5.91 Å². The molecule has 0 heterocycles. The molecule has 0 aliphatic heterocycles. The predicted molar refractivity (Wildman–Crippen MR) is 73.5 cm³/mol. The molecule has 3 nitrogen and oxygen atoms in total. The van der Waals surface area contributed by atoms with E-state index in [1.165, 1.54) is 18.4 Å². The smallest absolute Gasteiger partial charge is 0.233 e. The molecule has 0 aromatic heterocycles. The van der Waals surface area contributed by atoms with Gasteiger partial charge in [-0.1, -0.05) is 44.2 Å². The van der Waals surface area contributed by atoms with Gasteiger partial charge >= 0.3 is 0 Å². The van der Waals surface area contributed by atoms with Crippen molar-refractivity contribution in [3.63, 3.8) is 0 Å². The van der Waals surface area contributed by atoms with Crippen LogP contribution in [-0.2, 0) is 10.2 Å². The Bertz CT molecular complexity index is 396. The van der Waals surface area contributed by atoms with E-state index in [1.807, 2.05) is 18.2 Å². The summed E-state index contributed by atoms with van der Waals surface area (Å²) < 4.78 is 0. The van der Waals surface area contributed by atoms with Crippen molar-refractivity contribution in [1.82, 2.24) is 10.6 Å². The highest BCUT2D eigenvalue weighted by molar-refractivity contribution is 5.78. The van der Waals surface area contributed by atoms with E-state index in [-0.39, 0.29) is 11.3 Å². The Morgan fingerprint density at radius 3 is 2.56 bits per heavy atom. The third-order valence-corrected chi connectivity index (χ3v) is 3.41. The molecule has 0 unspecified atom stereocenters. The summed E-state index contributed by atoms with van der Waals surface area (Å²) in [7, 11) is 0. The third-order valence-electron chi connectivity index (χ3n) is 3.41. The molecule has 98 valence electrons. The van der Waals surface area contributed by atoms with Crippen LogP contribution in [-0.4, -0.2) is 25.0 Å². The van der Waals surface area contributed by atoms with Crippen molar-refractivity contribution >= 4 is 5.91 Å². The normalized spacial score (nSPS) is 15.4. The summed E-state index contributed by atoms with van der Waals surface area (Å²) in [5.74, 6) is 0.0888. The van der Waals surface area contributed by atoms with Gasteiger partial charge in [-0.2, -0.15) is 0 Å². The molecule has 1 aliphatic carbocycles. The maximum atomic E-state index is 11.7. The van der Waals surface area contributed by atoms with E-state index in [1.54, 1.807) is 0 Å². The lowest BCUT2D eigenvalue weighted by atomic mass is 9.84. The first-order chi connectivity index (χ1) is 8.58. The number of benzene rings is 1. The Balaban J connectivity index is 1.78. The van der Waals surface area contributed by atoms with Gasteiger partial charge in [-0.05, 0) is 18.4 Å². The minimum atomic E-state index is -0.0312. The number of nitrogens with one attached hydrogen (secondary N) is 2. The van der Waals surface area contributed by atoms with Gasteiger partial charge in [0.15, 0.2) is 0 Å². The van der Waals surface area contributed by atoms with E-state index < -0.39 is 0 Å². The summed E-state index contributed by atoms with van der Waals surface area (Å²) >= 11 is 0. The fraction of sp³-hybridized carbons (Fsp3) is 0.533. The molecule has 1 amide bonds. The summed E-state index contributed by atoms with van der Waals surface area (Å²) in [6.07, 6.45) is 2.42. The van der Waals surface area contributed by atoms with Gasteiger partial charge in [-0.25, -0.2) is 0 Å². The molecule has 2 N–H and O–H groups in total. The average molecular weight is 246 g/mol. The first-order valence-corrected chi connectivity index (χ1v) is 6.63. The maximum Gasteiger partial charge on any atom is 0.233 e. The molecule has 3 heteroatoms. The summed E-state index contributed by atoms with van der Waals surface area (Å²) in [6.45, 7) is 5.41. The molecule has 1 aromatic carbocycles. The second-order valence-electron chi connectivity index (χ2n) is 5.68. The molecule has 0 atom stereocenters. The van der Waals surface area contributed by atoms with Crippen molar-refractivity contribution in [1.29, 1.82) is 0 Å². The molecule has 1 aromatic rings. The molecular formula is C15H22N2O. The van der Waals surface area contributed by atoms with Crippen molar-refractivity contribution in [3.05, 3.63) is 35.9 Å². The van der Waals surface area contributed by atoms with Crippen LogP contribution in [0.15, 0.2) is 30.3 Å². The second-order valence-corrected chi connectivity index (χ2v) is 5.68. The summed E-state index contributed by atoms with van der Waals surface area (Å²) in [5.41, 5.74) is 1.22. The highest BCUT2D eigenvalue weighted by atomic mass is 16.1. The fourth-order valence-corrected chi connectivity index (χ4v) is 1.90. The Morgan fingerprint density at radius 2 is 1.94 bits per heavy atom. The lowest BCUT2D eigenvalue weighted by Crippen LogP contribution is -2.41. The van der Waals surface area contributed by atoms with Gasteiger partial charge in [0.05, 0.1) is 6.54 Å². The van der Waals surface area contributed by atoms with Crippen molar-refractivity contribution in [2.75, 3.05) is 13.1 Å². The molecule has 18 heavy (non-hydrogen) atoms. The van der Waals surface area contributed by atoms with Crippen LogP contribution in [0.25, 0.3) is 0 Å². The van der Waals surface area contributed by atoms with Gasteiger partial charge in [-0.15, -0.1) is 0 Å². The van der Waals surface area contributed by atoms with Crippen LogP contribution in [0, 0.1) is 0 Å². The highest BCUT2D eigenvalue weighted by Gasteiger charge is 2.23. The van der Waals surface area contributed by atoms with E-state index in [4.69, 9.17) is 0 Å². The van der Waals surface area contributed by atoms with Crippen LogP contribution < -0.4 is 10.6 Å². The zero-order chi connectivity index (χ0) is 13.0. The fourth-order valence-electron chi connectivity index (χ4n) is 1.90. The van der Waals surface area contributed by atoms with Crippen molar-refractivity contribution in [2.45, 2.75) is 38.1 Å². The van der Waals surface area contributed by atoms with Crippen LogP contribution in [0.4, 0.5) is 0 Å². The zero-order valence-electron chi connectivity index (χ0n) is 11.2. The number of carbonyl (C=O) groups is 1. The van der Waals surface area contributed by atoms with Crippen molar-refractivity contribution in [3.8, 4) is 0 Å². The van der Waals surface area contributed by atoms with Gasteiger partial charge in [0.1, 0.15) is 0 Å². The Hall–Kier alpha value is -1.35. The molecule has 0 radical (unpaired) electrons. The van der Waals surface area contributed by atoms with Gasteiger partial charge < -0.3 is 10.6 Å². The van der Waals surface area contributed by atoms with Crippen LogP contribution >= 0.6 is 0 Å². The molecule has 0 spiro atoms. The Morgan fingerprint density at radius 1 is 1.28 bits per heavy atom. The first kappa shape index (κ1) is 13.1. The van der Waals surface area contributed by atoms with E-state index in [0.717, 1.165) is 0 Å². The average Bonchev–Trinajstić information content (AvgIpc) is 3.19. The predicted octanol–water partition coefficient (Wildman–Crippen LogP) is 1.83. The number of carbonyl (C=O) groups excluding carboxylic acids is 1. The van der Waals surface area contributed by atoms with Crippen LogP contribution in [0.2, 0.25) is 0 Å². The molecule has 1 saturated carbocycles. The molecule has 0 bridgehead atoms. The molecule has 1 fully saturated rings. The quantitative estimate of drug-likeness (QED) is 0.804. The molecular weight excluding hydrogens is 224 g/mol. The number of hydrogen-bond acceptors (Lipinski definition) is 2. The first-order valence-electron chi connectivity index (χ1n) is 6.63. The van der Waals surface area contributed by atoms with Crippen LogP contribution in [0.3, 0.4) is 0 Å². The SMILES string of the molecule is CC(C)(CNC(=O)CNC1CC1)c1ccccc1. The van der Waals surface area contributed by atoms with Gasteiger partial charge in [0, 0.05) is 18.0 Å². The largest absolute Gasteiger partial charge is 0.354 e. The van der Waals surface area contributed by atoms with E-state index in [2.05, 4.69) is 36.6 Å². The molecule has 0 saturated heterocycles. The highest BCUT2D eigenvalue weighted by Crippen LogP contribution is 2.21. The molecule has 2 rings (SSSR count). The Kier molecular flexibility index (Phi) is 4.02. The standard InChI is InChI=1S/C15H22N2O/c1-15(2,12-6-4-3-5-7-12)11-17-14(18)10-16-13-8-9-13/h3-7,13,16H,8-11H2,1-2H3,(H,17,18). The monoisotopic (exact) mass is 246 g/mol. The number of amides is 1. The van der Waals surface area contributed by atoms with Crippen LogP contribution in [0.1, 0.15) is 32.3 Å². The van der Waals surface area contributed by atoms with Crippen molar-refractivity contribution in [2.24, 2.45) is 0 Å². The van der Waals surface area contributed by atoms with E-state index in [9.17, 15) is 4.79 Å². The van der Waals surface area contributed by atoms with Crippen LogP contribution in [0.5, 0.6) is 0 Å². The minimum absolute atomic E-state index is 0.0312. The van der Waals surface area contributed by atoms with Crippen molar-refractivity contribution < 1.29 is 4.79 Å². The van der Waals surface area contributed by atoms with Gasteiger partial charge in [-0.3, -0.25) is 4.79 Å². The lowest BCUT2D eigenvalue weighted by Gasteiger charge is -2.25. The van der Waals surface area contributed by atoms with E-state index in [0.29, 0.717) is 19.1 Å².